The average Bonchev–Trinajstić information content (AvgIpc) is 2.56. The summed E-state index contributed by atoms with van der Waals surface area (Å²) < 4.78 is 0.943. The smallest absolute Gasteiger partial charge is 0.335 e. The van der Waals surface area contributed by atoms with Gasteiger partial charge in [-0.2, -0.15) is 0 Å². The van der Waals surface area contributed by atoms with Crippen molar-refractivity contribution in [1.82, 2.24) is 4.90 Å². The van der Waals surface area contributed by atoms with Crippen molar-refractivity contribution in [2.24, 2.45) is 0 Å². The van der Waals surface area contributed by atoms with Crippen LogP contribution in [0.2, 0.25) is 0 Å². The SMILES string of the molecule is C=C(Br)CN1Cc2ccc(C(=O)O)cc2C1. The van der Waals surface area contributed by atoms with Gasteiger partial charge >= 0.3 is 5.97 Å². The van der Waals surface area contributed by atoms with Crippen LogP contribution in [-0.2, 0) is 13.1 Å². The van der Waals surface area contributed by atoms with Crippen molar-refractivity contribution in [3.05, 3.63) is 46.0 Å². The van der Waals surface area contributed by atoms with Crippen molar-refractivity contribution >= 4 is 21.9 Å². The molecule has 3 nitrogen and oxygen atoms in total. The number of fused-ring (bicyclic) bond motifs is 1. The molecule has 0 amide bonds. The van der Waals surface area contributed by atoms with Gasteiger partial charge in [0, 0.05) is 24.1 Å². The van der Waals surface area contributed by atoms with Gasteiger partial charge in [-0.15, -0.1) is 0 Å². The second kappa shape index (κ2) is 4.39. The maximum absolute atomic E-state index is 10.8. The molecule has 1 aromatic rings. The number of benzene rings is 1. The van der Waals surface area contributed by atoms with Gasteiger partial charge in [-0.05, 0) is 23.3 Å². The zero-order valence-corrected chi connectivity index (χ0v) is 10.3. The molecule has 0 radical (unpaired) electrons. The van der Waals surface area contributed by atoms with Crippen LogP contribution in [0.3, 0.4) is 0 Å². The van der Waals surface area contributed by atoms with Gasteiger partial charge in [0.05, 0.1) is 5.56 Å². The van der Waals surface area contributed by atoms with Gasteiger partial charge in [0.1, 0.15) is 0 Å². The van der Waals surface area contributed by atoms with Gasteiger partial charge in [-0.25, -0.2) is 4.79 Å². The van der Waals surface area contributed by atoms with Crippen LogP contribution in [0.1, 0.15) is 21.5 Å². The molecule has 1 N–H and O–H groups in total. The van der Waals surface area contributed by atoms with E-state index in [-0.39, 0.29) is 0 Å². The van der Waals surface area contributed by atoms with Crippen LogP contribution < -0.4 is 0 Å². The summed E-state index contributed by atoms with van der Waals surface area (Å²) in [6.07, 6.45) is 0. The quantitative estimate of drug-likeness (QED) is 0.926. The number of carbonyl (C=O) groups is 1. The molecular weight excluding hydrogens is 270 g/mol. The molecule has 0 saturated carbocycles. The third-order valence-electron chi connectivity index (χ3n) is 2.64. The van der Waals surface area contributed by atoms with E-state index in [0.717, 1.165) is 29.7 Å². The molecule has 0 saturated heterocycles. The summed E-state index contributed by atoms with van der Waals surface area (Å²) in [6, 6.07) is 5.32. The lowest BCUT2D eigenvalue weighted by Gasteiger charge is -2.12. The van der Waals surface area contributed by atoms with Crippen molar-refractivity contribution in [1.29, 1.82) is 0 Å². The normalized spacial score (nSPS) is 14.8. The standard InChI is InChI=1S/C12H12BrNO2/c1-8(13)5-14-6-10-3-2-9(12(15)16)4-11(10)7-14/h2-4H,1,5-7H2,(H,15,16). The maximum Gasteiger partial charge on any atom is 0.335 e. The molecule has 0 bridgehead atoms. The number of nitrogens with zero attached hydrogens (tertiary/aromatic N) is 1. The molecule has 0 unspecified atom stereocenters. The van der Waals surface area contributed by atoms with E-state index in [9.17, 15) is 4.79 Å². The predicted molar refractivity (Wildman–Crippen MR) is 65.6 cm³/mol. The molecule has 4 heteroatoms. The van der Waals surface area contributed by atoms with Gasteiger partial charge in [-0.3, -0.25) is 4.90 Å². The topological polar surface area (TPSA) is 40.5 Å². The van der Waals surface area contributed by atoms with Gasteiger partial charge in [0.15, 0.2) is 0 Å². The molecule has 1 aliphatic rings. The number of carboxylic acids is 1. The summed E-state index contributed by atoms with van der Waals surface area (Å²) in [5.74, 6) is -0.869. The van der Waals surface area contributed by atoms with E-state index >= 15 is 0 Å². The predicted octanol–water partition coefficient (Wildman–Crippen LogP) is 2.61. The lowest BCUT2D eigenvalue weighted by atomic mass is 10.1. The van der Waals surface area contributed by atoms with Crippen molar-refractivity contribution in [2.75, 3.05) is 6.54 Å². The first-order chi connectivity index (χ1) is 7.56. The van der Waals surface area contributed by atoms with Crippen LogP contribution in [0, 0.1) is 0 Å². The van der Waals surface area contributed by atoms with Crippen LogP contribution >= 0.6 is 15.9 Å². The summed E-state index contributed by atoms with van der Waals surface area (Å²) in [7, 11) is 0. The Balaban J connectivity index is 2.18. The van der Waals surface area contributed by atoms with Gasteiger partial charge < -0.3 is 5.11 Å². The summed E-state index contributed by atoms with van der Waals surface area (Å²) in [6.45, 7) is 6.25. The van der Waals surface area contributed by atoms with Gasteiger partial charge in [-0.1, -0.05) is 28.6 Å². The summed E-state index contributed by atoms with van der Waals surface area (Å²) in [5.41, 5.74) is 2.67. The molecule has 1 heterocycles. The highest BCUT2D eigenvalue weighted by molar-refractivity contribution is 9.11. The molecule has 16 heavy (non-hydrogen) atoms. The third-order valence-corrected chi connectivity index (χ3v) is 2.89. The van der Waals surface area contributed by atoms with Crippen LogP contribution in [0.5, 0.6) is 0 Å². The summed E-state index contributed by atoms with van der Waals surface area (Å²) in [5, 5.41) is 8.89. The number of halogens is 1. The van der Waals surface area contributed by atoms with E-state index in [1.165, 1.54) is 5.56 Å². The van der Waals surface area contributed by atoms with Crippen molar-refractivity contribution in [3.63, 3.8) is 0 Å². The molecule has 2 rings (SSSR count). The molecule has 84 valence electrons. The highest BCUT2D eigenvalue weighted by Gasteiger charge is 2.20. The molecular formula is C12H12BrNO2. The van der Waals surface area contributed by atoms with Gasteiger partial charge in [0.2, 0.25) is 0 Å². The highest BCUT2D eigenvalue weighted by Crippen LogP contribution is 2.25. The second-order valence-corrected chi connectivity index (χ2v) is 5.07. The lowest BCUT2D eigenvalue weighted by Crippen LogP contribution is -2.17. The molecule has 0 aromatic heterocycles. The molecule has 0 aliphatic carbocycles. The zero-order chi connectivity index (χ0) is 11.7. The van der Waals surface area contributed by atoms with E-state index in [0.29, 0.717) is 5.56 Å². The first kappa shape index (κ1) is 11.4. The van der Waals surface area contributed by atoms with E-state index in [1.807, 2.05) is 6.07 Å². The molecule has 0 atom stereocenters. The molecule has 0 fully saturated rings. The molecule has 0 spiro atoms. The van der Waals surface area contributed by atoms with E-state index < -0.39 is 5.97 Å². The number of hydrogen-bond donors (Lipinski definition) is 1. The number of rotatable bonds is 3. The van der Waals surface area contributed by atoms with Crippen LogP contribution in [0.4, 0.5) is 0 Å². The van der Waals surface area contributed by atoms with Crippen molar-refractivity contribution < 1.29 is 9.90 Å². The number of hydrogen-bond acceptors (Lipinski definition) is 2. The van der Waals surface area contributed by atoms with Crippen LogP contribution in [-0.4, -0.2) is 22.5 Å². The minimum absolute atomic E-state index is 0.360. The first-order valence-corrected chi connectivity index (χ1v) is 5.76. The summed E-state index contributed by atoms with van der Waals surface area (Å²) in [4.78, 5) is 13.0. The Morgan fingerprint density at radius 3 is 2.75 bits per heavy atom. The largest absolute Gasteiger partial charge is 0.478 e. The fraction of sp³-hybridized carbons (Fsp3) is 0.250. The molecule has 1 aromatic carbocycles. The Morgan fingerprint density at radius 2 is 2.12 bits per heavy atom. The monoisotopic (exact) mass is 281 g/mol. The highest BCUT2D eigenvalue weighted by atomic mass is 79.9. The van der Waals surface area contributed by atoms with Crippen LogP contribution in [0.15, 0.2) is 29.3 Å². The Bertz CT molecular complexity index is 456. The lowest BCUT2D eigenvalue weighted by molar-refractivity contribution is 0.0697. The van der Waals surface area contributed by atoms with Crippen LogP contribution in [0.25, 0.3) is 0 Å². The minimum Gasteiger partial charge on any atom is -0.478 e. The van der Waals surface area contributed by atoms with E-state index in [2.05, 4.69) is 27.4 Å². The Morgan fingerprint density at radius 1 is 1.44 bits per heavy atom. The van der Waals surface area contributed by atoms with Gasteiger partial charge in [0.25, 0.3) is 0 Å². The van der Waals surface area contributed by atoms with Crippen molar-refractivity contribution in [2.45, 2.75) is 13.1 Å². The zero-order valence-electron chi connectivity index (χ0n) is 8.74. The number of aromatic carboxylic acids is 1. The average molecular weight is 282 g/mol. The fourth-order valence-electron chi connectivity index (χ4n) is 1.95. The third kappa shape index (κ3) is 2.33. The Hall–Kier alpha value is -1.13. The number of carboxylic acid groups (broad SMARTS) is 1. The minimum atomic E-state index is -0.869. The summed E-state index contributed by atoms with van der Waals surface area (Å²) >= 11 is 3.34. The second-order valence-electron chi connectivity index (χ2n) is 3.95. The Labute approximate surface area is 103 Å². The first-order valence-electron chi connectivity index (χ1n) is 4.97. The van der Waals surface area contributed by atoms with E-state index in [1.54, 1.807) is 12.1 Å². The Kier molecular flexibility index (Phi) is 3.12. The van der Waals surface area contributed by atoms with Crippen molar-refractivity contribution in [3.8, 4) is 0 Å². The maximum atomic E-state index is 10.8. The van der Waals surface area contributed by atoms with E-state index in [4.69, 9.17) is 5.11 Å². The molecule has 1 aliphatic heterocycles. The fourth-order valence-corrected chi connectivity index (χ4v) is 2.31.